The number of carbonyl (C=O) groups is 1. The fourth-order valence-electron chi connectivity index (χ4n) is 3.61. The second-order valence-corrected chi connectivity index (χ2v) is 8.20. The third-order valence-corrected chi connectivity index (χ3v) is 5.59. The third-order valence-electron chi connectivity index (χ3n) is 5.59. The SMILES string of the molecule is CCCCCCCCCCCCc1ccc(NC(=O)C2(NC(=N)N)CC2)cc1. The van der Waals surface area contributed by atoms with E-state index in [1.54, 1.807) is 0 Å². The number of anilines is 1. The summed E-state index contributed by atoms with van der Waals surface area (Å²) in [5, 5.41) is 13.0. The van der Waals surface area contributed by atoms with Crippen LogP contribution >= 0.6 is 0 Å². The van der Waals surface area contributed by atoms with Gasteiger partial charge in [-0.2, -0.15) is 0 Å². The Labute approximate surface area is 170 Å². The van der Waals surface area contributed by atoms with Gasteiger partial charge in [0.1, 0.15) is 5.54 Å². The molecule has 1 aliphatic rings. The van der Waals surface area contributed by atoms with E-state index >= 15 is 0 Å². The number of rotatable bonds is 14. The lowest BCUT2D eigenvalue weighted by Crippen LogP contribution is -2.48. The minimum Gasteiger partial charge on any atom is -0.370 e. The highest BCUT2D eigenvalue weighted by atomic mass is 16.2. The molecule has 1 aromatic carbocycles. The lowest BCUT2D eigenvalue weighted by molar-refractivity contribution is -0.118. The number of hydrogen-bond donors (Lipinski definition) is 4. The first-order valence-electron chi connectivity index (χ1n) is 11.1. The van der Waals surface area contributed by atoms with Crippen LogP contribution in [0.5, 0.6) is 0 Å². The maximum Gasteiger partial charge on any atom is 0.250 e. The van der Waals surface area contributed by atoms with Crippen LogP contribution in [0, 0.1) is 5.41 Å². The standard InChI is InChI=1S/C23H38N4O/c1-2-3-4-5-6-7-8-9-10-11-12-19-13-15-20(16-14-19)26-21(28)23(17-18-23)27-22(24)25/h13-16H,2-12,17-18H2,1H3,(H,26,28)(H4,24,25,27). The Balaban J connectivity index is 1.57. The molecule has 5 N–H and O–H groups in total. The summed E-state index contributed by atoms with van der Waals surface area (Å²) in [7, 11) is 0. The fraction of sp³-hybridized carbons (Fsp3) is 0.652. The average molecular weight is 387 g/mol. The molecule has 156 valence electrons. The molecule has 1 amide bonds. The quantitative estimate of drug-likeness (QED) is 0.203. The summed E-state index contributed by atoms with van der Waals surface area (Å²) in [5.74, 6) is -0.260. The minimum absolute atomic E-state index is 0.106. The van der Waals surface area contributed by atoms with Crippen LogP contribution in [0.1, 0.15) is 89.5 Å². The van der Waals surface area contributed by atoms with Crippen LogP contribution in [0.4, 0.5) is 5.69 Å². The van der Waals surface area contributed by atoms with Crippen LogP contribution < -0.4 is 16.4 Å². The zero-order chi connectivity index (χ0) is 20.2. The zero-order valence-electron chi connectivity index (χ0n) is 17.5. The second kappa shape index (κ2) is 11.7. The van der Waals surface area contributed by atoms with Gasteiger partial charge in [-0.1, -0.05) is 76.8 Å². The number of hydrogen-bond acceptors (Lipinski definition) is 2. The zero-order valence-corrected chi connectivity index (χ0v) is 17.5. The van der Waals surface area contributed by atoms with E-state index in [9.17, 15) is 4.79 Å². The Morgan fingerprint density at radius 3 is 2.00 bits per heavy atom. The Hall–Kier alpha value is -2.04. The number of amides is 1. The number of aryl methyl sites for hydroxylation is 1. The highest BCUT2D eigenvalue weighted by Gasteiger charge is 2.50. The molecule has 5 nitrogen and oxygen atoms in total. The van der Waals surface area contributed by atoms with Gasteiger partial charge in [0.05, 0.1) is 0 Å². The lowest BCUT2D eigenvalue weighted by Gasteiger charge is -2.17. The van der Waals surface area contributed by atoms with Crippen molar-refractivity contribution in [3.05, 3.63) is 29.8 Å². The molecule has 28 heavy (non-hydrogen) atoms. The van der Waals surface area contributed by atoms with Crippen LogP contribution in [0.15, 0.2) is 24.3 Å². The van der Waals surface area contributed by atoms with E-state index in [-0.39, 0.29) is 11.9 Å². The molecule has 5 heteroatoms. The van der Waals surface area contributed by atoms with Crippen LogP contribution in [-0.4, -0.2) is 17.4 Å². The van der Waals surface area contributed by atoms with Gasteiger partial charge in [0.2, 0.25) is 5.91 Å². The molecule has 0 atom stereocenters. The van der Waals surface area contributed by atoms with E-state index in [1.165, 1.54) is 69.8 Å². The van der Waals surface area contributed by atoms with E-state index in [0.717, 1.165) is 24.9 Å². The molecule has 1 fully saturated rings. The van der Waals surface area contributed by atoms with Crippen molar-refractivity contribution in [2.45, 2.75) is 95.9 Å². The minimum atomic E-state index is -0.680. The maximum atomic E-state index is 12.4. The number of nitrogens with two attached hydrogens (primary N) is 1. The van der Waals surface area contributed by atoms with Gasteiger partial charge in [0.15, 0.2) is 5.96 Å². The summed E-state index contributed by atoms with van der Waals surface area (Å²) in [6.45, 7) is 2.26. The second-order valence-electron chi connectivity index (χ2n) is 8.20. The molecule has 0 radical (unpaired) electrons. The molecule has 0 spiro atoms. The van der Waals surface area contributed by atoms with E-state index in [4.69, 9.17) is 11.1 Å². The largest absolute Gasteiger partial charge is 0.370 e. The number of benzene rings is 1. The molecule has 1 saturated carbocycles. The topological polar surface area (TPSA) is 91.0 Å². The molecule has 0 saturated heterocycles. The summed E-state index contributed by atoms with van der Waals surface area (Å²) >= 11 is 0. The number of unbranched alkanes of at least 4 members (excludes halogenated alkanes) is 9. The van der Waals surface area contributed by atoms with Crippen LogP contribution in [-0.2, 0) is 11.2 Å². The van der Waals surface area contributed by atoms with Gasteiger partial charge in [0, 0.05) is 5.69 Å². The lowest BCUT2D eigenvalue weighted by atomic mass is 10.0. The normalized spacial score (nSPS) is 14.5. The Morgan fingerprint density at radius 1 is 0.964 bits per heavy atom. The Morgan fingerprint density at radius 2 is 1.50 bits per heavy atom. The molecular weight excluding hydrogens is 348 g/mol. The van der Waals surface area contributed by atoms with E-state index in [1.807, 2.05) is 12.1 Å². The highest BCUT2D eigenvalue weighted by Crippen LogP contribution is 2.36. The van der Waals surface area contributed by atoms with Crippen molar-refractivity contribution in [1.29, 1.82) is 5.41 Å². The predicted molar refractivity (Wildman–Crippen MR) is 118 cm³/mol. The first-order chi connectivity index (χ1) is 13.6. The molecule has 0 unspecified atom stereocenters. The van der Waals surface area contributed by atoms with Crippen LogP contribution in [0.25, 0.3) is 0 Å². The van der Waals surface area contributed by atoms with Gasteiger partial charge >= 0.3 is 0 Å². The Bertz CT molecular complexity index is 608. The van der Waals surface area contributed by atoms with Gasteiger partial charge in [-0.15, -0.1) is 0 Å². The van der Waals surface area contributed by atoms with Crippen molar-refractivity contribution >= 4 is 17.6 Å². The molecule has 0 aromatic heterocycles. The fourth-order valence-corrected chi connectivity index (χ4v) is 3.61. The molecule has 0 bridgehead atoms. The molecule has 2 rings (SSSR count). The van der Waals surface area contributed by atoms with Gasteiger partial charge in [-0.25, -0.2) is 0 Å². The van der Waals surface area contributed by atoms with Crippen molar-refractivity contribution in [2.75, 3.05) is 5.32 Å². The third kappa shape index (κ3) is 7.91. The van der Waals surface area contributed by atoms with Gasteiger partial charge < -0.3 is 16.4 Å². The molecule has 0 heterocycles. The highest BCUT2D eigenvalue weighted by molar-refractivity contribution is 6.02. The number of nitrogens with one attached hydrogen (secondary N) is 3. The van der Waals surface area contributed by atoms with Crippen molar-refractivity contribution in [3.63, 3.8) is 0 Å². The van der Waals surface area contributed by atoms with Gasteiger partial charge in [-0.05, 0) is 43.4 Å². The van der Waals surface area contributed by atoms with Gasteiger partial charge in [-0.3, -0.25) is 10.2 Å². The van der Waals surface area contributed by atoms with Crippen LogP contribution in [0.3, 0.4) is 0 Å². The monoisotopic (exact) mass is 386 g/mol. The molecular formula is C23H38N4O. The smallest absolute Gasteiger partial charge is 0.250 e. The van der Waals surface area contributed by atoms with Crippen molar-refractivity contribution in [2.24, 2.45) is 5.73 Å². The first-order valence-corrected chi connectivity index (χ1v) is 11.1. The number of guanidine groups is 1. The van der Waals surface area contributed by atoms with E-state index < -0.39 is 5.54 Å². The summed E-state index contributed by atoms with van der Waals surface area (Å²) in [5.41, 5.74) is 6.81. The summed E-state index contributed by atoms with van der Waals surface area (Å²) in [6.07, 6.45) is 16.1. The molecule has 1 aromatic rings. The summed E-state index contributed by atoms with van der Waals surface area (Å²) in [6, 6.07) is 8.13. The molecule has 0 aliphatic heterocycles. The van der Waals surface area contributed by atoms with Crippen LogP contribution in [0.2, 0.25) is 0 Å². The number of carbonyl (C=O) groups excluding carboxylic acids is 1. The molecule has 1 aliphatic carbocycles. The predicted octanol–water partition coefficient (Wildman–Crippen LogP) is 5.10. The van der Waals surface area contributed by atoms with Crippen molar-refractivity contribution in [3.8, 4) is 0 Å². The summed E-state index contributed by atoms with van der Waals surface area (Å²) in [4.78, 5) is 12.4. The van der Waals surface area contributed by atoms with Crippen molar-refractivity contribution < 1.29 is 4.79 Å². The maximum absolute atomic E-state index is 12.4. The van der Waals surface area contributed by atoms with E-state index in [0.29, 0.717) is 0 Å². The summed E-state index contributed by atoms with van der Waals surface area (Å²) < 4.78 is 0. The van der Waals surface area contributed by atoms with Gasteiger partial charge in [0.25, 0.3) is 0 Å². The average Bonchev–Trinajstić information content (AvgIpc) is 3.44. The Kier molecular flexibility index (Phi) is 9.32. The van der Waals surface area contributed by atoms with E-state index in [2.05, 4.69) is 29.7 Å². The van der Waals surface area contributed by atoms with Crippen molar-refractivity contribution in [1.82, 2.24) is 5.32 Å². The first kappa shape index (κ1) is 22.3.